The Morgan fingerprint density at radius 3 is 2.67 bits per heavy atom. The minimum absolute atomic E-state index is 0.261. The molecule has 1 aromatic carbocycles. The van der Waals surface area contributed by atoms with E-state index in [-0.39, 0.29) is 6.04 Å². The van der Waals surface area contributed by atoms with Crippen molar-refractivity contribution in [3.63, 3.8) is 0 Å². The second-order valence-electron chi connectivity index (χ2n) is 5.28. The third-order valence-electron chi connectivity index (χ3n) is 3.97. The monoisotopic (exact) mass is 301 g/mol. The average Bonchev–Trinajstić information content (AvgIpc) is 2.45. The molecule has 6 heteroatoms. The summed E-state index contributed by atoms with van der Waals surface area (Å²) in [6.45, 7) is 2.79. The van der Waals surface area contributed by atoms with E-state index in [1.54, 1.807) is 0 Å². The molecule has 2 rings (SSSR count). The van der Waals surface area contributed by atoms with Gasteiger partial charge >= 0.3 is 12.1 Å². The van der Waals surface area contributed by atoms with Crippen molar-refractivity contribution in [2.75, 3.05) is 11.4 Å². The highest BCUT2D eigenvalue weighted by atomic mass is 19.4. The molecule has 0 amide bonds. The van der Waals surface area contributed by atoms with Gasteiger partial charge in [-0.15, -0.1) is 0 Å². The molecule has 21 heavy (non-hydrogen) atoms. The van der Waals surface area contributed by atoms with Crippen LogP contribution < -0.4 is 4.90 Å². The summed E-state index contributed by atoms with van der Waals surface area (Å²) in [5.74, 6) is -1.55. The number of aromatic carboxylic acids is 1. The second-order valence-corrected chi connectivity index (χ2v) is 5.28. The number of piperidine rings is 1. The minimum Gasteiger partial charge on any atom is -0.478 e. The highest BCUT2D eigenvalue weighted by Gasteiger charge is 2.36. The van der Waals surface area contributed by atoms with Crippen LogP contribution in [0.4, 0.5) is 18.9 Å². The van der Waals surface area contributed by atoms with Crippen LogP contribution in [0, 0.1) is 0 Å². The zero-order valence-electron chi connectivity index (χ0n) is 11.8. The lowest BCUT2D eigenvalue weighted by atomic mass is 9.98. The Bertz CT molecular complexity index is 528. The summed E-state index contributed by atoms with van der Waals surface area (Å²) in [7, 11) is 0. The summed E-state index contributed by atoms with van der Waals surface area (Å²) in [6, 6.07) is 3.67. The number of benzene rings is 1. The third kappa shape index (κ3) is 3.31. The van der Waals surface area contributed by atoms with E-state index in [0.29, 0.717) is 5.69 Å². The lowest BCUT2D eigenvalue weighted by molar-refractivity contribution is -0.138. The van der Waals surface area contributed by atoms with Gasteiger partial charge in [0.25, 0.3) is 0 Å². The highest BCUT2D eigenvalue weighted by Crippen LogP contribution is 2.35. The highest BCUT2D eigenvalue weighted by molar-refractivity contribution is 5.91. The normalized spacial score (nSPS) is 19.6. The van der Waals surface area contributed by atoms with E-state index in [2.05, 4.69) is 0 Å². The van der Waals surface area contributed by atoms with Crippen LogP contribution in [0.5, 0.6) is 0 Å². The van der Waals surface area contributed by atoms with Crippen LogP contribution in [-0.2, 0) is 6.18 Å². The van der Waals surface area contributed by atoms with E-state index >= 15 is 0 Å². The lowest BCUT2D eigenvalue weighted by Crippen LogP contribution is -2.39. The maximum atomic E-state index is 12.8. The van der Waals surface area contributed by atoms with Gasteiger partial charge in [0.2, 0.25) is 0 Å². The average molecular weight is 301 g/mol. The smallest absolute Gasteiger partial charge is 0.417 e. The zero-order chi connectivity index (χ0) is 15.6. The van der Waals surface area contributed by atoms with E-state index < -0.39 is 23.3 Å². The molecule has 0 radical (unpaired) electrons. The molecular weight excluding hydrogens is 283 g/mol. The summed E-state index contributed by atoms with van der Waals surface area (Å²) in [6.07, 6.45) is -0.705. The SMILES string of the molecule is CCC1CCCCN1c1ccc(C(F)(F)F)c(C(=O)O)c1. The van der Waals surface area contributed by atoms with Gasteiger partial charge in [-0.05, 0) is 43.9 Å². The molecule has 0 spiro atoms. The molecule has 1 unspecified atom stereocenters. The lowest BCUT2D eigenvalue weighted by Gasteiger charge is -2.37. The fraction of sp³-hybridized carbons (Fsp3) is 0.533. The first-order valence-corrected chi connectivity index (χ1v) is 7.05. The molecule has 1 heterocycles. The number of hydrogen-bond donors (Lipinski definition) is 1. The standard InChI is InChI=1S/C15H18F3NO2/c1-2-10-5-3-4-8-19(10)11-6-7-13(15(16,17)18)12(9-11)14(20)21/h6-7,9-10H,2-5,8H2,1H3,(H,20,21). The first-order valence-electron chi connectivity index (χ1n) is 7.05. The Morgan fingerprint density at radius 2 is 2.10 bits per heavy atom. The van der Waals surface area contributed by atoms with Gasteiger partial charge < -0.3 is 10.0 Å². The van der Waals surface area contributed by atoms with Gasteiger partial charge in [-0.2, -0.15) is 13.2 Å². The van der Waals surface area contributed by atoms with Crippen molar-refractivity contribution in [2.24, 2.45) is 0 Å². The number of nitrogens with zero attached hydrogens (tertiary/aromatic N) is 1. The number of alkyl halides is 3. The Labute approximate surface area is 121 Å². The van der Waals surface area contributed by atoms with Gasteiger partial charge in [-0.25, -0.2) is 4.79 Å². The van der Waals surface area contributed by atoms with E-state index in [0.717, 1.165) is 44.4 Å². The van der Waals surface area contributed by atoms with Crippen LogP contribution in [0.2, 0.25) is 0 Å². The molecule has 1 aliphatic rings. The number of hydrogen-bond acceptors (Lipinski definition) is 2. The van der Waals surface area contributed by atoms with Crippen molar-refractivity contribution in [1.29, 1.82) is 0 Å². The maximum absolute atomic E-state index is 12.8. The van der Waals surface area contributed by atoms with Crippen LogP contribution in [0.3, 0.4) is 0 Å². The van der Waals surface area contributed by atoms with Gasteiger partial charge in [0.05, 0.1) is 11.1 Å². The fourth-order valence-corrected chi connectivity index (χ4v) is 2.90. The quantitative estimate of drug-likeness (QED) is 0.910. The van der Waals surface area contributed by atoms with Crippen LogP contribution >= 0.6 is 0 Å². The first kappa shape index (κ1) is 15.7. The molecule has 1 atom stereocenters. The summed E-state index contributed by atoms with van der Waals surface area (Å²) in [4.78, 5) is 13.2. The number of carbonyl (C=O) groups is 1. The van der Waals surface area contributed by atoms with Crippen molar-refractivity contribution in [3.05, 3.63) is 29.3 Å². The van der Waals surface area contributed by atoms with Crippen molar-refractivity contribution in [1.82, 2.24) is 0 Å². The molecule has 1 N–H and O–H groups in total. The van der Waals surface area contributed by atoms with Crippen LogP contribution in [0.25, 0.3) is 0 Å². The van der Waals surface area contributed by atoms with Crippen LogP contribution in [0.15, 0.2) is 18.2 Å². The molecule has 3 nitrogen and oxygen atoms in total. The predicted molar refractivity (Wildman–Crippen MR) is 73.7 cm³/mol. The van der Waals surface area contributed by atoms with Gasteiger partial charge in [-0.1, -0.05) is 6.92 Å². The molecule has 1 saturated heterocycles. The Hall–Kier alpha value is -1.72. The van der Waals surface area contributed by atoms with E-state index in [4.69, 9.17) is 5.11 Å². The molecule has 1 fully saturated rings. The van der Waals surface area contributed by atoms with Crippen molar-refractivity contribution >= 4 is 11.7 Å². The van der Waals surface area contributed by atoms with E-state index in [1.165, 1.54) is 6.07 Å². The predicted octanol–water partition coefficient (Wildman–Crippen LogP) is 4.17. The molecule has 0 bridgehead atoms. The number of rotatable bonds is 3. The molecule has 0 aromatic heterocycles. The summed E-state index contributed by atoms with van der Waals surface area (Å²) >= 11 is 0. The third-order valence-corrected chi connectivity index (χ3v) is 3.97. The van der Waals surface area contributed by atoms with Gasteiger partial charge in [0.15, 0.2) is 0 Å². The van der Waals surface area contributed by atoms with Gasteiger partial charge in [-0.3, -0.25) is 0 Å². The Kier molecular flexibility index (Phi) is 4.44. The second kappa shape index (κ2) is 5.95. The summed E-state index contributed by atoms with van der Waals surface area (Å²) < 4.78 is 38.5. The van der Waals surface area contributed by atoms with Gasteiger partial charge in [0, 0.05) is 18.3 Å². The minimum atomic E-state index is -4.65. The molecule has 0 aliphatic carbocycles. The molecule has 0 saturated carbocycles. The summed E-state index contributed by atoms with van der Waals surface area (Å²) in [5.41, 5.74) is -1.21. The molecule has 1 aromatic rings. The molecule has 1 aliphatic heterocycles. The van der Waals surface area contributed by atoms with Crippen molar-refractivity contribution < 1.29 is 23.1 Å². The fourth-order valence-electron chi connectivity index (χ4n) is 2.90. The number of halogens is 3. The molecule has 116 valence electrons. The first-order chi connectivity index (χ1) is 9.84. The van der Waals surface area contributed by atoms with E-state index in [1.807, 2.05) is 11.8 Å². The Morgan fingerprint density at radius 1 is 1.38 bits per heavy atom. The number of carboxylic acid groups (broad SMARTS) is 1. The largest absolute Gasteiger partial charge is 0.478 e. The zero-order valence-corrected chi connectivity index (χ0v) is 11.8. The van der Waals surface area contributed by atoms with Crippen LogP contribution in [0.1, 0.15) is 48.5 Å². The molecular formula is C15H18F3NO2. The Balaban J connectivity index is 2.42. The van der Waals surface area contributed by atoms with Crippen molar-refractivity contribution in [3.8, 4) is 0 Å². The number of carboxylic acids is 1. The maximum Gasteiger partial charge on any atom is 0.417 e. The van der Waals surface area contributed by atoms with Crippen LogP contribution in [-0.4, -0.2) is 23.7 Å². The topological polar surface area (TPSA) is 40.5 Å². The van der Waals surface area contributed by atoms with E-state index in [9.17, 15) is 18.0 Å². The summed E-state index contributed by atoms with van der Waals surface area (Å²) in [5, 5.41) is 9.06. The van der Waals surface area contributed by atoms with Crippen molar-refractivity contribution in [2.45, 2.75) is 44.8 Å². The van der Waals surface area contributed by atoms with Gasteiger partial charge in [0.1, 0.15) is 0 Å². The number of anilines is 1.